The first-order chi connectivity index (χ1) is 10.1. The number of nitrogens with one attached hydrogen (secondary N) is 1. The van der Waals surface area contributed by atoms with Crippen LogP contribution in [0.2, 0.25) is 0 Å². The van der Waals surface area contributed by atoms with Crippen molar-refractivity contribution in [3.63, 3.8) is 0 Å². The number of rotatable bonds is 6. The first-order valence-electron chi connectivity index (χ1n) is 6.01. The number of hydrogen-bond donors (Lipinski definition) is 2. The summed E-state index contributed by atoms with van der Waals surface area (Å²) in [6.45, 7) is 0.514. The van der Waals surface area contributed by atoms with Crippen molar-refractivity contribution in [2.24, 2.45) is 5.84 Å². The fraction of sp³-hybridized carbons (Fsp3) is 0.167. The average Bonchev–Trinajstić information content (AvgIpc) is 2.96. The molecule has 9 heteroatoms. The molecule has 0 saturated carbocycles. The molecule has 1 aromatic carbocycles. The zero-order chi connectivity index (χ0) is 15.2. The van der Waals surface area contributed by atoms with Gasteiger partial charge in [0.2, 0.25) is 0 Å². The molecule has 0 bridgehead atoms. The third-order valence-corrected chi connectivity index (χ3v) is 2.67. The SMILES string of the molecule is NNC(=O)c1ccccc1OCCn1cc([N+](=O)[O-])cn1. The summed E-state index contributed by atoms with van der Waals surface area (Å²) in [6.07, 6.45) is 2.47. The van der Waals surface area contributed by atoms with Gasteiger partial charge >= 0.3 is 5.69 Å². The lowest BCUT2D eigenvalue weighted by molar-refractivity contribution is -0.385. The number of nitrogens with zero attached hydrogens (tertiary/aromatic N) is 3. The summed E-state index contributed by atoms with van der Waals surface area (Å²) in [6, 6.07) is 6.63. The van der Waals surface area contributed by atoms with Crippen molar-refractivity contribution < 1.29 is 14.5 Å². The molecule has 1 heterocycles. The normalized spacial score (nSPS) is 10.1. The Bertz CT molecular complexity index is 655. The summed E-state index contributed by atoms with van der Waals surface area (Å²) in [7, 11) is 0. The number of amides is 1. The van der Waals surface area contributed by atoms with Crippen LogP contribution in [-0.4, -0.2) is 27.2 Å². The lowest BCUT2D eigenvalue weighted by Gasteiger charge is -2.10. The van der Waals surface area contributed by atoms with Crippen LogP contribution in [0.15, 0.2) is 36.7 Å². The fourth-order valence-electron chi connectivity index (χ4n) is 1.68. The molecule has 1 aromatic heterocycles. The lowest BCUT2D eigenvalue weighted by Crippen LogP contribution is -2.30. The molecule has 9 nitrogen and oxygen atoms in total. The van der Waals surface area contributed by atoms with Gasteiger partial charge in [-0.25, -0.2) is 5.84 Å². The molecule has 0 aliphatic heterocycles. The number of nitro groups is 1. The van der Waals surface area contributed by atoms with Gasteiger partial charge in [0, 0.05) is 0 Å². The van der Waals surface area contributed by atoms with E-state index in [1.54, 1.807) is 24.3 Å². The summed E-state index contributed by atoms with van der Waals surface area (Å²) < 4.78 is 6.88. The molecule has 0 unspecified atom stereocenters. The Hall–Kier alpha value is -2.94. The number of hydrazine groups is 1. The van der Waals surface area contributed by atoms with E-state index < -0.39 is 10.8 Å². The third-order valence-electron chi connectivity index (χ3n) is 2.67. The van der Waals surface area contributed by atoms with E-state index in [0.29, 0.717) is 17.9 Å². The molecule has 110 valence electrons. The molecule has 0 atom stereocenters. The predicted octanol–water partition coefficient (Wildman–Crippen LogP) is 0.474. The maximum atomic E-state index is 11.5. The Kier molecular flexibility index (Phi) is 4.46. The summed E-state index contributed by atoms with van der Waals surface area (Å²) in [5, 5.41) is 14.4. The first-order valence-corrected chi connectivity index (χ1v) is 6.01. The minimum absolute atomic E-state index is 0.0853. The van der Waals surface area contributed by atoms with Gasteiger partial charge in [-0.3, -0.25) is 25.0 Å². The zero-order valence-electron chi connectivity index (χ0n) is 10.9. The van der Waals surface area contributed by atoms with Gasteiger partial charge in [0.05, 0.1) is 17.0 Å². The number of benzene rings is 1. The maximum Gasteiger partial charge on any atom is 0.306 e. The van der Waals surface area contributed by atoms with Crippen LogP contribution in [0, 0.1) is 10.1 Å². The van der Waals surface area contributed by atoms with Crippen molar-refractivity contribution in [2.45, 2.75) is 6.54 Å². The van der Waals surface area contributed by atoms with Crippen LogP contribution < -0.4 is 16.0 Å². The average molecular weight is 291 g/mol. The smallest absolute Gasteiger partial charge is 0.306 e. The summed E-state index contributed by atoms with van der Waals surface area (Å²) in [4.78, 5) is 21.5. The van der Waals surface area contributed by atoms with Gasteiger partial charge in [0.1, 0.15) is 24.8 Å². The van der Waals surface area contributed by atoms with E-state index in [0.717, 1.165) is 6.20 Å². The number of nitrogen functional groups attached to an aromatic ring is 1. The zero-order valence-corrected chi connectivity index (χ0v) is 10.9. The monoisotopic (exact) mass is 291 g/mol. The minimum Gasteiger partial charge on any atom is -0.491 e. The molecule has 0 saturated heterocycles. The number of carbonyl (C=O) groups is 1. The highest BCUT2D eigenvalue weighted by Crippen LogP contribution is 2.17. The number of nitrogens with two attached hydrogens (primary N) is 1. The standard InChI is InChI=1S/C12H13N5O4/c13-15-12(18)10-3-1-2-4-11(10)21-6-5-16-8-9(7-14-16)17(19)20/h1-4,7-8H,5-6,13H2,(H,15,18). The van der Waals surface area contributed by atoms with E-state index in [2.05, 4.69) is 5.10 Å². The molecule has 2 aromatic rings. The van der Waals surface area contributed by atoms with Crippen molar-refractivity contribution in [3.8, 4) is 5.75 Å². The molecule has 0 radical (unpaired) electrons. The van der Waals surface area contributed by atoms with Crippen LogP contribution in [0.3, 0.4) is 0 Å². The molecule has 0 aliphatic carbocycles. The third kappa shape index (κ3) is 3.54. The summed E-state index contributed by atoms with van der Waals surface area (Å²) in [5.41, 5.74) is 2.26. The van der Waals surface area contributed by atoms with E-state index in [4.69, 9.17) is 10.6 Å². The number of carbonyl (C=O) groups excluding carboxylic acids is 1. The van der Waals surface area contributed by atoms with Gasteiger partial charge in [0.15, 0.2) is 0 Å². The molecular weight excluding hydrogens is 278 g/mol. The quantitative estimate of drug-likeness (QED) is 0.345. The van der Waals surface area contributed by atoms with Gasteiger partial charge < -0.3 is 4.74 Å². The van der Waals surface area contributed by atoms with Crippen LogP contribution in [-0.2, 0) is 6.54 Å². The van der Waals surface area contributed by atoms with Gasteiger partial charge in [-0.05, 0) is 12.1 Å². The Balaban J connectivity index is 1.97. The Morgan fingerprint density at radius 3 is 2.90 bits per heavy atom. The molecule has 2 rings (SSSR count). The molecule has 21 heavy (non-hydrogen) atoms. The van der Waals surface area contributed by atoms with Crippen LogP contribution in [0.1, 0.15) is 10.4 Å². The van der Waals surface area contributed by atoms with Gasteiger partial charge in [-0.2, -0.15) is 5.10 Å². The summed E-state index contributed by atoms with van der Waals surface area (Å²) in [5.74, 6) is 5.01. The number of hydrogen-bond acceptors (Lipinski definition) is 6. The molecule has 0 fully saturated rings. The molecule has 0 aliphatic rings. The highest BCUT2D eigenvalue weighted by atomic mass is 16.6. The topological polar surface area (TPSA) is 125 Å². The van der Waals surface area contributed by atoms with Gasteiger partial charge in [-0.15, -0.1) is 0 Å². The van der Waals surface area contributed by atoms with Crippen LogP contribution in [0.5, 0.6) is 5.75 Å². The molecule has 1 amide bonds. The molecule has 0 spiro atoms. The number of ether oxygens (including phenoxy) is 1. The Morgan fingerprint density at radius 2 is 2.24 bits per heavy atom. The van der Waals surface area contributed by atoms with E-state index in [9.17, 15) is 14.9 Å². The second kappa shape index (κ2) is 6.48. The van der Waals surface area contributed by atoms with Crippen LogP contribution >= 0.6 is 0 Å². The Labute approximate surface area is 119 Å². The first kappa shape index (κ1) is 14.5. The number of aromatic nitrogens is 2. The summed E-state index contributed by atoms with van der Waals surface area (Å²) >= 11 is 0. The highest BCUT2D eigenvalue weighted by molar-refractivity contribution is 5.96. The van der Waals surface area contributed by atoms with Crippen LogP contribution in [0.25, 0.3) is 0 Å². The van der Waals surface area contributed by atoms with Crippen molar-refractivity contribution in [1.82, 2.24) is 15.2 Å². The Morgan fingerprint density at radius 1 is 1.48 bits per heavy atom. The number of para-hydroxylation sites is 1. The van der Waals surface area contributed by atoms with E-state index in [1.165, 1.54) is 10.9 Å². The van der Waals surface area contributed by atoms with Gasteiger partial charge in [-0.1, -0.05) is 12.1 Å². The van der Waals surface area contributed by atoms with Crippen molar-refractivity contribution in [1.29, 1.82) is 0 Å². The van der Waals surface area contributed by atoms with Gasteiger partial charge in [0.25, 0.3) is 5.91 Å². The second-order valence-electron chi connectivity index (χ2n) is 4.04. The van der Waals surface area contributed by atoms with Crippen molar-refractivity contribution in [2.75, 3.05) is 6.61 Å². The largest absolute Gasteiger partial charge is 0.491 e. The van der Waals surface area contributed by atoms with Crippen LogP contribution in [0.4, 0.5) is 5.69 Å². The minimum atomic E-state index is -0.523. The molecular formula is C12H13N5O4. The lowest BCUT2D eigenvalue weighted by atomic mass is 10.2. The van der Waals surface area contributed by atoms with E-state index in [1.807, 2.05) is 5.43 Å². The fourth-order valence-corrected chi connectivity index (χ4v) is 1.68. The van der Waals surface area contributed by atoms with E-state index in [-0.39, 0.29) is 12.3 Å². The van der Waals surface area contributed by atoms with Crippen molar-refractivity contribution >= 4 is 11.6 Å². The highest BCUT2D eigenvalue weighted by Gasteiger charge is 2.11. The molecule has 3 N–H and O–H groups in total. The predicted molar refractivity (Wildman–Crippen MR) is 72.5 cm³/mol. The second-order valence-corrected chi connectivity index (χ2v) is 4.04. The maximum absolute atomic E-state index is 11.5. The van der Waals surface area contributed by atoms with E-state index >= 15 is 0 Å². The van der Waals surface area contributed by atoms with Crippen molar-refractivity contribution in [3.05, 3.63) is 52.3 Å².